The van der Waals surface area contributed by atoms with E-state index in [1.165, 1.54) is 0 Å². The molecule has 0 aliphatic rings. The topological polar surface area (TPSA) is 67.4 Å². The summed E-state index contributed by atoms with van der Waals surface area (Å²) in [5.74, 6) is 0.168. The van der Waals surface area contributed by atoms with Gasteiger partial charge in [-0.05, 0) is 6.92 Å². The number of nitrogens with two attached hydrogens (primary N) is 1. The van der Waals surface area contributed by atoms with Gasteiger partial charge in [0.25, 0.3) is 0 Å². The summed E-state index contributed by atoms with van der Waals surface area (Å²) >= 11 is 0. The van der Waals surface area contributed by atoms with Gasteiger partial charge in [0.2, 0.25) is 0 Å². The molecule has 0 aromatic heterocycles. The van der Waals surface area contributed by atoms with Crippen molar-refractivity contribution in [1.29, 1.82) is 0 Å². The van der Waals surface area contributed by atoms with Crippen molar-refractivity contribution in [3.05, 3.63) is 0 Å². The molecule has 0 aliphatic heterocycles. The average Bonchev–Trinajstić information content (AvgIpc) is 2.03. The predicted octanol–water partition coefficient (Wildman–Crippen LogP) is -1.27. The minimum atomic E-state index is -0.279. The van der Waals surface area contributed by atoms with Crippen molar-refractivity contribution in [3.8, 4) is 0 Å². The molecule has 0 amide bonds. The summed E-state index contributed by atoms with van der Waals surface area (Å²) in [4.78, 5) is 10.9. The van der Waals surface area contributed by atoms with E-state index in [-0.39, 0.29) is 12.5 Å². The van der Waals surface area contributed by atoms with Gasteiger partial charge in [-0.1, -0.05) is 0 Å². The zero-order valence-corrected chi connectivity index (χ0v) is 7.76. The number of carbonyl (C=O) groups excluding carboxylic acids is 1. The van der Waals surface area contributed by atoms with Crippen molar-refractivity contribution in [1.82, 2.24) is 5.32 Å². The molecule has 0 saturated carbocycles. The lowest BCUT2D eigenvalue weighted by atomic mass is 10.6. The summed E-state index contributed by atoms with van der Waals surface area (Å²) in [6.45, 7) is 2.33. The monoisotopic (exact) mass is 174 g/mol. The number of nitrogens with one attached hydrogen (secondary N) is 1. The highest BCUT2D eigenvalue weighted by Crippen LogP contribution is 1.78. The summed E-state index contributed by atoms with van der Waals surface area (Å²) < 4.78 is 6.31. The summed E-state index contributed by atoms with van der Waals surface area (Å²) in [6, 6.07) is 0. The lowest BCUT2D eigenvalue weighted by Crippen LogP contribution is -2.39. The lowest BCUT2D eigenvalue weighted by Gasteiger charge is -2.03. The van der Waals surface area contributed by atoms with Crippen LogP contribution in [0.4, 0.5) is 0 Å². The van der Waals surface area contributed by atoms with E-state index in [1.807, 2.05) is 0 Å². The number of hydrogen-bond donors (Lipinski definition) is 2. The van der Waals surface area contributed by atoms with E-state index in [2.05, 4.69) is 5.32 Å². The van der Waals surface area contributed by atoms with Crippen LogP contribution in [0.2, 0.25) is 0 Å². The van der Waals surface area contributed by atoms with Gasteiger partial charge in [0, 0.05) is 0 Å². The Morgan fingerprint density at radius 3 is 2.67 bits per heavy atom. The molecule has 0 aromatic carbocycles. The molecule has 0 aliphatic carbocycles. The third kappa shape index (κ3) is 3.80. The molecular formula is C7H16N3O2+. The minimum Gasteiger partial charge on any atom is -0.464 e. The van der Waals surface area contributed by atoms with Crippen molar-refractivity contribution >= 4 is 11.9 Å². The van der Waals surface area contributed by atoms with E-state index in [1.54, 1.807) is 25.6 Å². The molecule has 0 spiro atoms. The molecule has 12 heavy (non-hydrogen) atoms. The molecular weight excluding hydrogens is 158 g/mol. The fraction of sp³-hybridized carbons (Fsp3) is 0.714. The van der Waals surface area contributed by atoms with E-state index in [9.17, 15) is 4.79 Å². The van der Waals surface area contributed by atoms with E-state index in [4.69, 9.17) is 10.5 Å². The Bertz CT molecular complexity index is 189. The maximum absolute atomic E-state index is 10.9. The first-order valence-corrected chi connectivity index (χ1v) is 3.78. The fourth-order valence-electron chi connectivity index (χ4n) is 0.676. The number of esters is 1. The van der Waals surface area contributed by atoms with Gasteiger partial charge in [0.15, 0.2) is 6.54 Å². The van der Waals surface area contributed by atoms with Crippen LogP contribution in [0.5, 0.6) is 0 Å². The highest BCUT2D eigenvalue weighted by molar-refractivity contribution is 5.75. The van der Waals surface area contributed by atoms with E-state index >= 15 is 0 Å². The van der Waals surface area contributed by atoms with Crippen LogP contribution in [0.1, 0.15) is 6.92 Å². The van der Waals surface area contributed by atoms with Gasteiger partial charge in [-0.3, -0.25) is 15.6 Å². The van der Waals surface area contributed by atoms with Gasteiger partial charge >= 0.3 is 11.9 Å². The summed E-state index contributed by atoms with van der Waals surface area (Å²) in [6.07, 6.45) is 0. The van der Waals surface area contributed by atoms with Crippen LogP contribution in [-0.2, 0) is 9.53 Å². The van der Waals surface area contributed by atoms with Crippen LogP contribution in [-0.4, -0.2) is 43.8 Å². The Hall–Kier alpha value is -1.26. The molecule has 70 valence electrons. The Kier molecular flexibility index (Phi) is 4.83. The van der Waals surface area contributed by atoms with Gasteiger partial charge in [-0.2, -0.15) is 0 Å². The second-order valence-electron chi connectivity index (χ2n) is 2.30. The number of rotatable bonds is 3. The van der Waals surface area contributed by atoms with Crippen molar-refractivity contribution in [2.75, 3.05) is 27.2 Å². The molecule has 3 N–H and O–H groups in total. The summed E-state index contributed by atoms with van der Waals surface area (Å²) in [5.41, 5.74) is 5.48. The number of nitrogens with zero attached hydrogens (tertiary/aromatic N) is 1. The number of hydrogen-bond acceptors (Lipinski definition) is 2. The Morgan fingerprint density at radius 1 is 1.67 bits per heavy atom. The zero-order valence-electron chi connectivity index (χ0n) is 7.76. The molecule has 0 saturated heterocycles. The van der Waals surface area contributed by atoms with Crippen molar-refractivity contribution < 1.29 is 14.1 Å². The van der Waals surface area contributed by atoms with Gasteiger partial charge in [0.1, 0.15) is 0 Å². The van der Waals surface area contributed by atoms with Crippen LogP contribution in [0.25, 0.3) is 0 Å². The molecule has 0 heterocycles. The standard InChI is InChI=1S/C7H15N3O2/c1-4-12-6(11)5-10(3)7(8)9-2/h4-5H2,1-3H3,(H2,8,9)/p+1. The summed E-state index contributed by atoms with van der Waals surface area (Å²) in [7, 11) is 3.40. The molecule has 0 unspecified atom stereocenters. The van der Waals surface area contributed by atoms with Crippen LogP contribution in [0.15, 0.2) is 0 Å². The molecule has 0 aromatic rings. The first-order valence-electron chi connectivity index (χ1n) is 3.78. The highest BCUT2D eigenvalue weighted by Gasteiger charge is 2.07. The van der Waals surface area contributed by atoms with Crippen molar-refractivity contribution in [2.24, 2.45) is 5.73 Å². The van der Waals surface area contributed by atoms with Crippen LogP contribution >= 0.6 is 0 Å². The fourth-order valence-corrected chi connectivity index (χ4v) is 0.676. The maximum atomic E-state index is 10.9. The molecule has 0 bridgehead atoms. The number of carbonyl (C=O) groups is 1. The van der Waals surface area contributed by atoms with Gasteiger partial charge in [0.05, 0.1) is 20.7 Å². The van der Waals surface area contributed by atoms with E-state index < -0.39 is 0 Å². The normalized spacial score (nSPS) is 11.9. The smallest absolute Gasteiger partial charge is 0.343 e. The van der Waals surface area contributed by atoms with E-state index in [0.29, 0.717) is 12.6 Å². The Balaban J connectivity index is 3.99. The SMILES string of the molecule is CCOC(=O)C[N+](C)=C(N)NC. The molecule has 0 radical (unpaired) electrons. The van der Waals surface area contributed by atoms with Crippen LogP contribution in [0.3, 0.4) is 0 Å². The largest absolute Gasteiger partial charge is 0.464 e. The van der Waals surface area contributed by atoms with Crippen LogP contribution < -0.4 is 11.1 Å². The zero-order chi connectivity index (χ0) is 9.56. The Labute approximate surface area is 72.2 Å². The summed E-state index contributed by atoms with van der Waals surface area (Å²) in [5, 5.41) is 2.72. The molecule has 5 nitrogen and oxygen atoms in total. The first-order chi connectivity index (χ1) is 5.61. The minimum absolute atomic E-state index is 0.167. The number of ether oxygens (including phenoxy) is 1. The average molecular weight is 174 g/mol. The highest BCUT2D eigenvalue weighted by atomic mass is 16.5. The van der Waals surface area contributed by atoms with E-state index in [0.717, 1.165) is 0 Å². The molecule has 0 fully saturated rings. The third-order valence-electron chi connectivity index (χ3n) is 1.34. The van der Waals surface area contributed by atoms with Crippen molar-refractivity contribution in [2.45, 2.75) is 6.92 Å². The number of likely N-dealkylation sites (N-methyl/N-ethyl adjacent to an activating group) is 1. The number of guanidine groups is 1. The maximum Gasteiger partial charge on any atom is 0.343 e. The molecule has 0 rings (SSSR count). The van der Waals surface area contributed by atoms with Gasteiger partial charge < -0.3 is 4.74 Å². The quantitative estimate of drug-likeness (QED) is 0.242. The van der Waals surface area contributed by atoms with Gasteiger partial charge in [-0.25, -0.2) is 4.79 Å². The molecule has 0 atom stereocenters. The lowest BCUT2D eigenvalue weighted by molar-refractivity contribution is -0.490. The second kappa shape index (κ2) is 5.40. The van der Waals surface area contributed by atoms with Gasteiger partial charge in [-0.15, -0.1) is 0 Å². The molecule has 5 heteroatoms. The van der Waals surface area contributed by atoms with Crippen LogP contribution in [0, 0.1) is 0 Å². The predicted molar refractivity (Wildman–Crippen MR) is 45.9 cm³/mol. The Morgan fingerprint density at radius 2 is 2.25 bits per heavy atom. The third-order valence-corrected chi connectivity index (χ3v) is 1.34. The second-order valence-corrected chi connectivity index (χ2v) is 2.30. The first kappa shape index (κ1) is 10.7. The van der Waals surface area contributed by atoms with Crippen molar-refractivity contribution in [3.63, 3.8) is 0 Å².